The molecule has 0 amide bonds. The van der Waals surface area contributed by atoms with Gasteiger partial charge >= 0.3 is 0 Å². The van der Waals surface area contributed by atoms with Crippen LogP contribution in [0.25, 0.3) is 0 Å². The Morgan fingerprint density at radius 3 is 2.60 bits per heavy atom. The predicted octanol–water partition coefficient (Wildman–Crippen LogP) is 1.49. The van der Waals surface area contributed by atoms with Gasteiger partial charge in [0.25, 0.3) is 0 Å². The van der Waals surface area contributed by atoms with Gasteiger partial charge in [-0.2, -0.15) is 4.98 Å². The summed E-state index contributed by atoms with van der Waals surface area (Å²) in [7, 11) is -3.45. The third kappa shape index (κ3) is 4.02. The van der Waals surface area contributed by atoms with Gasteiger partial charge in [0.2, 0.25) is 5.89 Å². The summed E-state index contributed by atoms with van der Waals surface area (Å²) >= 11 is 0. The molecule has 1 aliphatic rings. The van der Waals surface area contributed by atoms with Gasteiger partial charge in [-0.05, 0) is 31.6 Å². The molecular formula is C13H22N2O4S. The van der Waals surface area contributed by atoms with Crippen LogP contribution in [0.1, 0.15) is 51.2 Å². The van der Waals surface area contributed by atoms with E-state index in [-0.39, 0.29) is 17.4 Å². The number of aromatic nitrogens is 2. The number of aryl methyl sites for hydroxylation is 1. The lowest BCUT2D eigenvalue weighted by atomic mass is 9.81. The first kappa shape index (κ1) is 15.4. The molecule has 7 heteroatoms. The van der Waals surface area contributed by atoms with E-state index in [4.69, 9.17) is 4.52 Å². The zero-order valence-corrected chi connectivity index (χ0v) is 12.8. The lowest BCUT2D eigenvalue weighted by molar-refractivity contribution is 0.0135. The quantitative estimate of drug-likeness (QED) is 0.885. The Labute approximate surface area is 119 Å². The first-order chi connectivity index (χ1) is 9.32. The second kappa shape index (κ2) is 5.81. The highest BCUT2D eigenvalue weighted by atomic mass is 32.2. The molecule has 0 bridgehead atoms. The first-order valence-corrected chi connectivity index (χ1v) is 8.88. The minimum Gasteiger partial charge on any atom is -0.389 e. The molecule has 0 aromatic carbocycles. The largest absolute Gasteiger partial charge is 0.389 e. The number of hydrogen-bond donors (Lipinski definition) is 1. The summed E-state index contributed by atoms with van der Waals surface area (Å²) in [6.07, 6.45) is 3.42. The van der Waals surface area contributed by atoms with Crippen LogP contribution in [0.4, 0.5) is 0 Å². The first-order valence-electron chi connectivity index (χ1n) is 7.06. The van der Waals surface area contributed by atoms with Crippen LogP contribution in [-0.4, -0.2) is 35.0 Å². The summed E-state index contributed by atoms with van der Waals surface area (Å²) in [4.78, 5) is 4.00. The lowest BCUT2D eigenvalue weighted by Crippen LogP contribution is -2.40. The second-order valence-corrected chi connectivity index (χ2v) is 7.96. The molecule has 20 heavy (non-hydrogen) atoms. The van der Waals surface area contributed by atoms with Crippen molar-refractivity contribution in [3.05, 3.63) is 11.7 Å². The molecule has 0 spiro atoms. The molecule has 0 radical (unpaired) electrons. The van der Waals surface area contributed by atoms with E-state index in [1.54, 1.807) is 0 Å². The van der Waals surface area contributed by atoms with E-state index in [2.05, 4.69) is 17.1 Å². The molecule has 1 saturated carbocycles. The van der Waals surface area contributed by atoms with Crippen molar-refractivity contribution in [3.8, 4) is 0 Å². The molecule has 0 unspecified atom stereocenters. The van der Waals surface area contributed by atoms with Crippen LogP contribution in [0.5, 0.6) is 0 Å². The van der Waals surface area contributed by atoms with Crippen LogP contribution in [-0.2, 0) is 22.0 Å². The second-order valence-electron chi connectivity index (χ2n) is 5.90. The third-order valence-electron chi connectivity index (χ3n) is 3.86. The molecule has 0 atom stereocenters. The Bertz CT molecular complexity index is 544. The molecule has 2 rings (SSSR count). The summed E-state index contributed by atoms with van der Waals surface area (Å²) in [5, 5.41) is 14.1. The monoisotopic (exact) mass is 302 g/mol. The smallest absolute Gasteiger partial charge is 0.241 e. The van der Waals surface area contributed by atoms with Crippen LogP contribution >= 0.6 is 0 Å². The van der Waals surface area contributed by atoms with Gasteiger partial charge in [-0.3, -0.25) is 0 Å². The van der Waals surface area contributed by atoms with E-state index < -0.39 is 15.4 Å². The number of rotatable bonds is 5. The minimum atomic E-state index is -3.45. The highest BCUT2D eigenvalue weighted by Gasteiger charge is 2.36. The van der Waals surface area contributed by atoms with Crippen molar-refractivity contribution in [2.45, 2.75) is 57.3 Å². The summed E-state index contributed by atoms with van der Waals surface area (Å²) in [5.74, 6) is 0.644. The molecular weight excluding hydrogens is 280 g/mol. The molecule has 1 N–H and O–H groups in total. The fourth-order valence-electron chi connectivity index (χ4n) is 2.58. The number of nitrogens with zero attached hydrogens (tertiary/aromatic N) is 2. The van der Waals surface area contributed by atoms with Crippen molar-refractivity contribution in [3.63, 3.8) is 0 Å². The van der Waals surface area contributed by atoms with Crippen LogP contribution in [0, 0.1) is 5.92 Å². The molecule has 1 fully saturated rings. The number of hydrogen-bond acceptors (Lipinski definition) is 6. The van der Waals surface area contributed by atoms with Gasteiger partial charge in [0.15, 0.2) is 15.7 Å². The Morgan fingerprint density at radius 2 is 2.05 bits per heavy atom. The molecule has 1 aromatic rings. The molecule has 1 aromatic heterocycles. The molecule has 0 saturated heterocycles. The topological polar surface area (TPSA) is 93.3 Å². The number of sulfone groups is 1. The fraction of sp³-hybridized carbons (Fsp3) is 0.846. The standard InChI is InChI=1S/C13H22N2O4S/c1-3-11-14-12(19-15-11)8-20(17,18)9-13(16)6-4-10(2)5-7-13/h10,16H,3-9H2,1-2H3. The van der Waals surface area contributed by atoms with Crippen molar-refractivity contribution in [1.29, 1.82) is 0 Å². The molecule has 1 heterocycles. The summed E-state index contributed by atoms with van der Waals surface area (Å²) in [6.45, 7) is 3.99. The molecule has 6 nitrogen and oxygen atoms in total. The number of aliphatic hydroxyl groups is 1. The zero-order chi connectivity index (χ0) is 14.8. The SMILES string of the molecule is CCc1noc(CS(=O)(=O)CC2(O)CCC(C)CC2)n1. The maximum Gasteiger partial charge on any atom is 0.241 e. The van der Waals surface area contributed by atoms with E-state index in [1.165, 1.54) is 0 Å². The van der Waals surface area contributed by atoms with Crippen LogP contribution in [0.2, 0.25) is 0 Å². The van der Waals surface area contributed by atoms with Crippen molar-refractivity contribution in [2.24, 2.45) is 5.92 Å². The minimum absolute atomic E-state index is 0.106. The van der Waals surface area contributed by atoms with Gasteiger partial charge in [-0.1, -0.05) is 19.0 Å². The Kier molecular flexibility index (Phi) is 4.49. The highest BCUT2D eigenvalue weighted by Crippen LogP contribution is 2.33. The van der Waals surface area contributed by atoms with E-state index in [9.17, 15) is 13.5 Å². The van der Waals surface area contributed by atoms with Gasteiger partial charge < -0.3 is 9.63 Å². The lowest BCUT2D eigenvalue weighted by Gasteiger charge is -2.34. The molecule has 114 valence electrons. The Hall–Kier alpha value is -0.950. The maximum atomic E-state index is 12.2. The normalized spacial score (nSPS) is 27.6. The predicted molar refractivity (Wildman–Crippen MR) is 73.7 cm³/mol. The summed E-state index contributed by atoms with van der Waals surface area (Å²) in [6, 6.07) is 0. The van der Waals surface area contributed by atoms with Crippen LogP contribution in [0.3, 0.4) is 0 Å². The van der Waals surface area contributed by atoms with Gasteiger partial charge in [-0.15, -0.1) is 0 Å². The highest BCUT2D eigenvalue weighted by molar-refractivity contribution is 7.90. The summed E-state index contributed by atoms with van der Waals surface area (Å²) in [5.41, 5.74) is -1.10. The molecule has 1 aliphatic carbocycles. The van der Waals surface area contributed by atoms with Gasteiger partial charge in [0.1, 0.15) is 5.75 Å². The van der Waals surface area contributed by atoms with Crippen molar-refractivity contribution in [2.75, 3.05) is 5.75 Å². The van der Waals surface area contributed by atoms with Crippen molar-refractivity contribution in [1.82, 2.24) is 10.1 Å². The van der Waals surface area contributed by atoms with Crippen molar-refractivity contribution >= 4 is 9.84 Å². The van der Waals surface area contributed by atoms with Crippen LogP contribution in [0.15, 0.2) is 4.52 Å². The van der Waals surface area contributed by atoms with Crippen LogP contribution < -0.4 is 0 Å². The average Bonchev–Trinajstić information content (AvgIpc) is 2.79. The van der Waals surface area contributed by atoms with E-state index in [0.717, 1.165) is 12.8 Å². The zero-order valence-electron chi connectivity index (χ0n) is 12.0. The Morgan fingerprint density at radius 1 is 1.40 bits per heavy atom. The third-order valence-corrected chi connectivity index (χ3v) is 5.53. The fourth-order valence-corrected chi connectivity index (χ4v) is 4.29. The maximum absolute atomic E-state index is 12.2. The summed E-state index contributed by atoms with van der Waals surface area (Å²) < 4.78 is 29.2. The van der Waals surface area contributed by atoms with E-state index >= 15 is 0 Å². The van der Waals surface area contributed by atoms with Gasteiger partial charge in [0, 0.05) is 6.42 Å². The van der Waals surface area contributed by atoms with Crippen molar-refractivity contribution < 1.29 is 18.0 Å². The molecule has 0 aliphatic heterocycles. The van der Waals surface area contributed by atoms with E-state index in [1.807, 2.05) is 6.92 Å². The van der Waals surface area contributed by atoms with Gasteiger partial charge in [0.05, 0.1) is 11.4 Å². The van der Waals surface area contributed by atoms with E-state index in [0.29, 0.717) is 31.0 Å². The van der Waals surface area contributed by atoms with Gasteiger partial charge in [-0.25, -0.2) is 8.42 Å². The Balaban J connectivity index is 2.00. The average molecular weight is 302 g/mol.